The van der Waals surface area contributed by atoms with Crippen LogP contribution in [0.5, 0.6) is 5.75 Å². The van der Waals surface area contributed by atoms with Gasteiger partial charge in [0.2, 0.25) is 0 Å². The molecule has 4 unspecified atom stereocenters. The van der Waals surface area contributed by atoms with Crippen molar-refractivity contribution >= 4 is 11.9 Å². The van der Waals surface area contributed by atoms with Crippen molar-refractivity contribution in [1.82, 2.24) is 0 Å². The van der Waals surface area contributed by atoms with Gasteiger partial charge in [-0.25, -0.2) is 0 Å². The number of methoxy groups -OCH3 is 2. The topological polar surface area (TPSA) is 71.1 Å². The molecular weight excluding hydrogens is 324 g/mol. The molecular formula is C19H20O6. The molecule has 4 bridgehead atoms. The fraction of sp³-hybridized carbons (Fsp3) is 0.579. The van der Waals surface area contributed by atoms with Crippen molar-refractivity contribution in [3.05, 3.63) is 29.3 Å². The summed E-state index contributed by atoms with van der Waals surface area (Å²) >= 11 is 0. The van der Waals surface area contributed by atoms with Gasteiger partial charge in [0.05, 0.1) is 38.3 Å². The van der Waals surface area contributed by atoms with Gasteiger partial charge in [0, 0.05) is 17.8 Å². The van der Waals surface area contributed by atoms with Gasteiger partial charge in [0.15, 0.2) is 0 Å². The quantitative estimate of drug-likeness (QED) is 0.781. The van der Waals surface area contributed by atoms with E-state index >= 15 is 0 Å². The van der Waals surface area contributed by atoms with Crippen LogP contribution in [0.2, 0.25) is 0 Å². The van der Waals surface area contributed by atoms with Crippen LogP contribution >= 0.6 is 0 Å². The lowest BCUT2D eigenvalue weighted by molar-refractivity contribution is -0.216. The van der Waals surface area contributed by atoms with Crippen LogP contribution in [0, 0.1) is 17.3 Å². The zero-order valence-electron chi connectivity index (χ0n) is 14.4. The summed E-state index contributed by atoms with van der Waals surface area (Å²) in [5, 5.41) is 0. The molecule has 132 valence electrons. The highest BCUT2D eigenvalue weighted by Gasteiger charge is 2.76. The molecule has 0 radical (unpaired) electrons. The SMILES string of the molecule is COC(=O)C[C@@]12C(=O)O[C@@H]3C(O[C@@H]4c5ccc(OC)cc5C1C34)C2C. The molecule has 0 amide bonds. The van der Waals surface area contributed by atoms with Crippen LogP contribution < -0.4 is 4.74 Å². The molecule has 7 atom stereocenters. The van der Waals surface area contributed by atoms with Crippen molar-refractivity contribution in [3.63, 3.8) is 0 Å². The monoisotopic (exact) mass is 344 g/mol. The van der Waals surface area contributed by atoms with Crippen LogP contribution in [0.15, 0.2) is 18.2 Å². The third-order valence-electron chi connectivity index (χ3n) is 6.82. The van der Waals surface area contributed by atoms with Gasteiger partial charge in [-0.15, -0.1) is 0 Å². The second-order valence-corrected chi connectivity index (χ2v) is 7.52. The molecule has 1 aromatic carbocycles. The Hall–Kier alpha value is -2.08. The Bertz CT molecular complexity index is 788. The summed E-state index contributed by atoms with van der Waals surface area (Å²) in [6, 6.07) is 5.91. The minimum atomic E-state index is -0.941. The van der Waals surface area contributed by atoms with Crippen LogP contribution in [0.1, 0.15) is 36.5 Å². The Morgan fingerprint density at radius 2 is 2.04 bits per heavy atom. The number of esters is 2. The lowest BCUT2D eigenvalue weighted by atomic mass is 9.52. The first-order valence-corrected chi connectivity index (χ1v) is 8.64. The summed E-state index contributed by atoms with van der Waals surface area (Å²) in [5.41, 5.74) is 1.19. The molecule has 4 fully saturated rings. The number of fused-ring (bicyclic) bond motifs is 3. The summed E-state index contributed by atoms with van der Waals surface area (Å²) in [6.07, 6.45) is -0.476. The average molecular weight is 344 g/mol. The molecule has 3 aliphatic heterocycles. The van der Waals surface area contributed by atoms with Gasteiger partial charge in [0.25, 0.3) is 0 Å². The molecule has 5 aliphatic rings. The first kappa shape index (κ1) is 15.2. The van der Waals surface area contributed by atoms with Gasteiger partial charge >= 0.3 is 11.9 Å². The van der Waals surface area contributed by atoms with E-state index < -0.39 is 11.4 Å². The smallest absolute Gasteiger partial charge is 0.314 e. The van der Waals surface area contributed by atoms with Crippen LogP contribution in [-0.4, -0.2) is 38.4 Å². The Morgan fingerprint density at radius 1 is 1.24 bits per heavy atom. The first-order chi connectivity index (χ1) is 12.0. The Labute approximate surface area is 145 Å². The largest absolute Gasteiger partial charge is 0.497 e. The van der Waals surface area contributed by atoms with Crippen molar-refractivity contribution in [2.24, 2.45) is 17.3 Å². The molecule has 6 nitrogen and oxygen atoms in total. The van der Waals surface area contributed by atoms with Gasteiger partial charge in [-0.2, -0.15) is 0 Å². The zero-order valence-corrected chi connectivity index (χ0v) is 14.4. The third-order valence-corrected chi connectivity index (χ3v) is 6.82. The molecule has 3 heterocycles. The first-order valence-electron chi connectivity index (χ1n) is 8.64. The lowest BCUT2D eigenvalue weighted by Gasteiger charge is -2.55. The minimum Gasteiger partial charge on any atom is -0.497 e. The van der Waals surface area contributed by atoms with Crippen LogP contribution in [0.4, 0.5) is 0 Å². The van der Waals surface area contributed by atoms with Gasteiger partial charge in [-0.3, -0.25) is 9.59 Å². The van der Waals surface area contributed by atoms with E-state index in [-0.39, 0.29) is 48.5 Å². The van der Waals surface area contributed by atoms with Crippen LogP contribution in [-0.2, 0) is 23.8 Å². The van der Waals surface area contributed by atoms with Crippen LogP contribution in [0.25, 0.3) is 0 Å². The molecule has 1 aromatic rings. The number of hydrogen-bond donors (Lipinski definition) is 0. The van der Waals surface area contributed by atoms with Gasteiger partial charge < -0.3 is 18.9 Å². The van der Waals surface area contributed by atoms with Crippen LogP contribution in [0.3, 0.4) is 0 Å². The van der Waals surface area contributed by atoms with Crippen molar-refractivity contribution in [2.75, 3.05) is 14.2 Å². The van der Waals surface area contributed by atoms with Gasteiger partial charge in [-0.1, -0.05) is 13.0 Å². The van der Waals surface area contributed by atoms with E-state index in [0.29, 0.717) is 0 Å². The van der Waals surface area contributed by atoms with Crippen molar-refractivity contribution in [3.8, 4) is 5.75 Å². The predicted molar refractivity (Wildman–Crippen MR) is 84.9 cm³/mol. The van der Waals surface area contributed by atoms with E-state index in [2.05, 4.69) is 0 Å². The summed E-state index contributed by atoms with van der Waals surface area (Å²) in [5.74, 6) is -0.106. The van der Waals surface area contributed by atoms with E-state index in [1.54, 1.807) is 7.11 Å². The normalized spacial score (nSPS) is 42.1. The number of rotatable bonds is 3. The van der Waals surface area contributed by atoms with Crippen molar-refractivity contribution < 1.29 is 28.5 Å². The molecule has 6 rings (SSSR count). The summed E-state index contributed by atoms with van der Waals surface area (Å²) in [4.78, 5) is 25.2. The standard InChI is InChI=1S/C19H20O6/c1-8-15-17-13-14(19(8,18(21)25-17)7-12(20)23-3)11-6-9(22-2)4-5-10(11)16(13)24-15/h4-6,8,13-17H,7H2,1-3H3/t8?,13?,14?,15?,16-,17+,19+/m1/s1. The van der Waals surface area contributed by atoms with Crippen molar-refractivity contribution in [2.45, 2.75) is 37.6 Å². The molecule has 25 heavy (non-hydrogen) atoms. The fourth-order valence-corrected chi connectivity index (χ4v) is 5.73. The predicted octanol–water partition coefficient (Wildman–Crippen LogP) is 1.97. The Balaban J connectivity index is 1.73. The number of hydrogen-bond acceptors (Lipinski definition) is 6. The summed E-state index contributed by atoms with van der Waals surface area (Å²) < 4.78 is 22.4. The second kappa shape index (κ2) is 4.75. The van der Waals surface area contributed by atoms with E-state index in [0.717, 1.165) is 16.9 Å². The second-order valence-electron chi connectivity index (χ2n) is 7.52. The molecule has 0 aromatic heterocycles. The average Bonchev–Trinajstić information content (AvgIpc) is 3.11. The maximum absolute atomic E-state index is 13.0. The maximum atomic E-state index is 13.0. The molecule has 2 aliphatic carbocycles. The van der Waals surface area contributed by atoms with Crippen molar-refractivity contribution in [1.29, 1.82) is 0 Å². The maximum Gasteiger partial charge on any atom is 0.314 e. The molecule has 6 heteroatoms. The number of ether oxygens (including phenoxy) is 4. The zero-order chi connectivity index (χ0) is 17.5. The van der Waals surface area contributed by atoms with E-state index in [4.69, 9.17) is 18.9 Å². The highest BCUT2D eigenvalue weighted by Crippen LogP contribution is 2.72. The van der Waals surface area contributed by atoms with E-state index in [1.165, 1.54) is 7.11 Å². The number of carbonyl (C=O) groups excluding carboxylic acids is 2. The summed E-state index contributed by atoms with van der Waals surface area (Å²) in [7, 11) is 2.97. The minimum absolute atomic E-state index is 0.0145. The highest BCUT2D eigenvalue weighted by molar-refractivity contribution is 5.87. The Kier molecular flexibility index (Phi) is 2.89. The van der Waals surface area contributed by atoms with E-state index in [1.807, 2.05) is 25.1 Å². The number of benzene rings is 1. The molecule has 3 saturated heterocycles. The van der Waals surface area contributed by atoms with Gasteiger partial charge in [-0.05, 0) is 23.3 Å². The Morgan fingerprint density at radius 3 is 2.76 bits per heavy atom. The fourth-order valence-electron chi connectivity index (χ4n) is 5.73. The third kappa shape index (κ3) is 1.59. The summed E-state index contributed by atoms with van der Waals surface area (Å²) in [6.45, 7) is 2.00. The molecule has 0 N–H and O–H groups in total. The highest BCUT2D eigenvalue weighted by atomic mass is 16.6. The van der Waals surface area contributed by atoms with Gasteiger partial charge in [0.1, 0.15) is 11.9 Å². The molecule has 1 saturated carbocycles. The number of carbonyl (C=O) groups is 2. The molecule has 0 spiro atoms. The lowest BCUT2D eigenvalue weighted by Crippen LogP contribution is -2.64. The van der Waals surface area contributed by atoms with E-state index in [9.17, 15) is 9.59 Å².